The minimum atomic E-state index is -0.979. The zero-order valence-electron chi connectivity index (χ0n) is 19.8. The van der Waals surface area contributed by atoms with Gasteiger partial charge in [-0.2, -0.15) is 0 Å². The van der Waals surface area contributed by atoms with Crippen molar-refractivity contribution in [3.8, 4) is 11.5 Å². The molecule has 0 spiro atoms. The Morgan fingerprint density at radius 3 is 2.45 bits per heavy atom. The van der Waals surface area contributed by atoms with E-state index < -0.39 is 28.6 Å². The van der Waals surface area contributed by atoms with Gasteiger partial charge in [0.15, 0.2) is 11.5 Å². The van der Waals surface area contributed by atoms with Crippen LogP contribution in [0.4, 0.5) is 20.6 Å². The number of carbonyl (C=O) groups is 3. The molecule has 4 rings (SSSR count). The number of carbonyl (C=O) groups excluding carboxylic acids is 3. The van der Waals surface area contributed by atoms with Crippen LogP contribution in [-0.4, -0.2) is 29.4 Å². The van der Waals surface area contributed by atoms with Gasteiger partial charge in [0.05, 0.1) is 20.8 Å². The molecule has 3 aromatic rings. The molecule has 1 aliphatic rings. The zero-order chi connectivity index (χ0) is 27.4. The SMILES string of the molecule is CCOc1cc(/C=C2\C(=O)NC(=O)N(c3ccc([N+](=O)[O-])cc3)C2=O)cc(I)c1OCc1ccccc1F. The van der Waals surface area contributed by atoms with E-state index in [2.05, 4.69) is 5.32 Å². The van der Waals surface area contributed by atoms with Crippen molar-refractivity contribution in [2.24, 2.45) is 0 Å². The standard InChI is InChI=1S/C26H19FIN3O7/c1-2-37-22-13-15(12-21(28)23(22)38-14-16-5-3-4-6-20(16)27)11-19-24(32)29-26(34)30(25(19)33)17-7-9-18(10-8-17)31(35)36/h3-13H,2,14H2,1H3,(H,29,32,34)/b19-11+. The second kappa shape index (κ2) is 11.4. The van der Waals surface area contributed by atoms with Crippen LogP contribution in [0.5, 0.6) is 11.5 Å². The van der Waals surface area contributed by atoms with Crippen LogP contribution in [0.3, 0.4) is 0 Å². The number of non-ortho nitro benzene ring substituents is 1. The van der Waals surface area contributed by atoms with Crippen molar-refractivity contribution in [2.75, 3.05) is 11.5 Å². The quantitative estimate of drug-likeness (QED) is 0.122. The fourth-order valence-electron chi connectivity index (χ4n) is 3.62. The monoisotopic (exact) mass is 631 g/mol. The minimum Gasteiger partial charge on any atom is -0.490 e. The number of anilines is 1. The van der Waals surface area contributed by atoms with Crippen LogP contribution in [0.1, 0.15) is 18.1 Å². The maximum atomic E-state index is 14.0. The molecule has 0 aromatic heterocycles. The molecule has 10 nitrogen and oxygen atoms in total. The number of nitro benzene ring substituents is 1. The Bertz CT molecular complexity index is 1470. The molecule has 4 amide bonds. The summed E-state index contributed by atoms with van der Waals surface area (Å²) in [5, 5.41) is 13.0. The van der Waals surface area contributed by atoms with Gasteiger partial charge in [0, 0.05) is 17.7 Å². The van der Waals surface area contributed by atoms with Crippen LogP contribution in [0.25, 0.3) is 6.08 Å². The molecule has 0 saturated carbocycles. The molecule has 0 radical (unpaired) electrons. The number of ether oxygens (including phenoxy) is 2. The number of urea groups is 1. The van der Waals surface area contributed by atoms with Gasteiger partial charge in [-0.15, -0.1) is 0 Å². The van der Waals surface area contributed by atoms with Gasteiger partial charge in [-0.05, 0) is 71.5 Å². The Morgan fingerprint density at radius 2 is 1.79 bits per heavy atom. The number of halogens is 2. The van der Waals surface area contributed by atoms with E-state index in [0.717, 1.165) is 17.0 Å². The van der Waals surface area contributed by atoms with Gasteiger partial charge in [0.25, 0.3) is 17.5 Å². The predicted octanol–water partition coefficient (Wildman–Crippen LogP) is 4.98. The van der Waals surface area contributed by atoms with Crippen LogP contribution in [0, 0.1) is 19.5 Å². The molecular weight excluding hydrogens is 612 g/mol. The second-order valence-corrected chi connectivity index (χ2v) is 9.04. The number of barbiturate groups is 1. The van der Waals surface area contributed by atoms with E-state index in [9.17, 15) is 28.9 Å². The number of rotatable bonds is 8. The first kappa shape index (κ1) is 26.7. The summed E-state index contributed by atoms with van der Waals surface area (Å²) in [5.74, 6) is -1.53. The van der Waals surface area contributed by atoms with E-state index in [1.54, 1.807) is 37.3 Å². The van der Waals surface area contributed by atoms with Crippen molar-refractivity contribution in [1.82, 2.24) is 5.32 Å². The fourth-order valence-corrected chi connectivity index (χ4v) is 4.40. The first-order valence-electron chi connectivity index (χ1n) is 11.2. The first-order valence-corrected chi connectivity index (χ1v) is 12.3. The molecule has 38 heavy (non-hydrogen) atoms. The average Bonchev–Trinajstić information content (AvgIpc) is 2.87. The van der Waals surface area contributed by atoms with Gasteiger partial charge in [-0.3, -0.25) is 25.0 Å². The number of imide groups is 2. The van der Waals surface area contributed by atoms with E-state index >= 15 is 0 Å². The normalized spacial score (nSPS) is 14.4. The van der Waals surface area contributed by atoms with Crippen LogP contribution < -0.4 is 19.7 Å². The summed E-state index contributed by atoms with van der Waals surface area (Å²) in [4.78, 5) is 49.2. The molecule has 0 bridgehead atoms. The predicted molar refractivity (Wildman–Crippen MR) is 143 cm³/mol. The first-order chi connectivity index (χ1) is 18.2. The molecule has 1 saturated heterocycles. The third-order valence-corrected chi connectivity index (χ3v) is 6.19. The largest absolute Gasteiger partial charge is 0.490 e. The molecule has 12 heteroatoms. The number of nitrogens with one attached hydrogen (secondary N) is 1. The summed E-state index contributed by atoms with van der Waals surface area (Å²) in [6.07, 6.45) is 1.30. The highest BCUT2D eigenvalue weighted by Crippen LogP contribution is 2.36. The van der Waals surface area contributed by atoms with E-state index in [1.165, 1.54) is 24.3 Å². The maximum absolute atomic E-state index is 14.0. The Morgan fingerprint density at radius 1 is 1.08 bits per heavy atom. The number of nitrogens with zero attached hydrogens (tertiary/aromatic N) is 2. The molecule has 1 heterocycles. The molecule has 3 aromatic carbocycles. The molecule has 0 unspecified atom stereocenters. The Hall–Kier alpha value is -4.33. The van der Waals surface area contributed by atoms with E-state index in [1.807, 2.05) is 22.6 Å². The van der Waals surface area contributed by atoms with Crippen LogP contribution >= 0.6 is 22.6 Å². The van der Waals surface area contributed by atoms with Crippen molar-refractivity contribution in [2.45, 2.75) is 13.5 Å². The topological polar surface area (TPSA) is 128 Å². The highest BCUT2D eigenvalue weighted by Gasteiger charge is 2.37. The number of nitro groups is 1. The molecule has 194 valence electrons. The lowest BCUT2D eigenvalue weighted by Gasteiger charge is -2.26. The third kappa shape index (κ3) is 5.64. The Kier molecular flexibility index (Phi) is 8.00. The van der Waals surface area contributed by atoms with Crippen LogP contribution in [0.2, 0.25) is 0 Å². The molecule has 1 aliphatic heterocycles. The van der Waals surface area contributed by atoms with Gasteiger partial charge in [0.1, 0.15) is 18.0 Å². The fraction of sp³-hybridized carbons (Fsp3) is 0.115. The highest BCUT2D eigenvalue weighted by molar-refractivity contribution is 14.1. The van der Waals surface area contributed by atoms with Crippen molar-refractivity contribution in [3.63, 3.8) is 0 Å². The van der Waals surface area contributed by atoms with Gasteiger partial charge in [-0.25, -0.2) is 14.1 Å². The molecule has 1 fully saturated rings. The third-order valence-electron chi connectivity index (χ3n) is 5.39. The summed E-state index contributed by atoms with van der Waals surface area (Å²) in [7, 11) is 0. The van der Waals surface area contributed by atoms with E-state index in [0.29, 0.717) is 26.2 Å². The Labute approximate surface area is 229 Å². The van der Waals surface area contributed by atoms with Gasteiger partial charge in [0.2, 0.25) is 0 Å². The lowest BCUT2D eigenvalue weighted by molar-refractivity contribution is -0.384. The summed E-state index contributed by atoms with van der Waals surface area (Å²) in [5.41, 5.74) is 0.269. The van der Waals surface area contributed by atoms with Crippen molar-refractivity contribution < 1.29 is 33.2 Å². The summed E-state index contributed by atoms with van der Waals surface area (Å²) in [6, 6.07) is 13.2. The highest BCUT2D eigenvalue weighted by atomic mass is 127. The van der Waals surface area contributed by atoms with E-state index in [4.69, 9.17) is 9.47 Å². The number of hydrogen-bond donors (Lipinski definition) is 1. The number of benzene rings is 3. The molecule has 0 aliphatic carbocycles. The van der Waals surface area contributed by atoms with Crippen LogP contribution in [0.15, 0.2) is 66.2 Å². The zero-order valence-corrected chi connectivity index (χ0v) is 21.9. The van der Waals surface area contributed by atoms with Gasteiger partial charge in [-0.1, -0.05) is 18.2 Å². The van der Waals surface area contributed by atoms with E-state index in [-0.39, 0.29) is 30.2 Å². The maximum Gasteiger partial charge on any atom is 0.335 e. The smallest absolute Gasteiger partial charge is 0.335 e. The summed E-state index contributed by atoms with van der Waals surface area (Å²) in [6.45, 7) is 2.01. The number of hydrogen-bond acceptors (Lipinski definition) is 7. The van der Waals surface area contributed by atoms with Crippen LogP contribution in [-0.2, 0) is 16.2 Å². The summed E-state index contributed by atoms with van der Waals surface area (Å²) < 4.78 is 26.2. The second-order valence-electron chi connectivity index (χ2n) is 7.87. The van der Waals surface area contributed by atoms with Gasteiger partial charge < -0.3 is 9.47 Å². The van der Waals surface area contributed by atoms with Crippen molar-refractivity contribution in [3.05, 3.63) is 96.9 Å². The molecular formula is C26H19FIN3O7. The molecule has 1 N–H and O–H groups in total. The van der Waals surface area contributed by atoms with Crippen molar-refractivity contribution in [1.29, 1.82) is 0 Å². The Balaban J connectivity index is 1.66. The lowest BCUT2D eigenvalue weighted by Crippen LogP contribution is -2.54. The summed E-state index contributed by atoms with van der Waals surface area (Å²) >= 11 is 2.00. The average molecular weight is 631 g/mol. The lowest BCUT2D eigenvalue weighted by atomic mass is 10.1. The number of amides is 4. The van der Waals surface area contributed by atoms with Crippen molar-refractivity contribution >= 4 is 57.9 Å². The molecule has 0 atom stereocenters. The minimum absolute atomic E-state index is 0.0453. The van der Waals surface area contributed by atoms with Gasteiger partial charge >= 0.3 is 6.03 Å².